The van der Waals surface area contributed by atoms with Crippen LogP contribution in [0.15, 0.2) is 66.8 Å². The quantitative estimate of drug-likeness (QED) is 0.227. The zero-order valence-corrected chi connectivity index (χ0v) is 24.2. The first-order valence-electron chi connectivity index (χ1n) is 13.8. The molecule has 1 aliphatic carbocycles. The van der Waals surface area contributed by atoms with Gasteiger partial charge in [-0.1, -0.05) is 52.5 Å². The predicted molar refractivity (Wildman–Crippen MR) is 159 cm³/mol. The Kier molecular flexibility index (Phi) is 10.6. The van der Waals surface area contributed by atoms with Crippen LogP contribution in [0.25, 0.3) is 23.0 Å². The highest BCUT2D eigenvalue weighted by Crippen LogP contribution is 2.34. The number of allylic oxidation sites excluding steroid dienone is 5. The lowest BCUT2D eigenvalue weighted by Gasteiger charge is -2.30. The lowest BCUT2D eigenvalue weighted by molar-refractivity contribution is 0.398. The molecule has 2 aromatic rings. The molecule has 0 unspecified atom stereocenters. The topological polar surface area (TPSA) is 62.7 Å². The number of halogens is 3. The third kappa shape index (κ3) is 7.36. The Labute approximate surface area is 235 Å². The van der Waals surface area contributed by atoms with E-state index in [4.69, 9.17) is 9.97 Å². The van der Waals surface area contributed by atoms with E-state index < -0.39 is 17.5 Å². The van der Waals surface area contributed by atoms with Gasteiger partial charge in [-0.15, -0.1) is 0 Å². The average Bonchev–Trinajstić information content (AvgIpc) is 2.89. The standard InChI is InChI=1S/C32H40F3N5/c1-8-15-36-19-32(6,7)30-28(24(9-2)22-12-11-13-22)26(10-3)39-31(40-30)23-14-16-37-27(18-23)38-21(5)29(35)25(34)17-20(4)33/h9-10,14,16-18,22,36H,2,5,8,11-13,15,19H2,1,3-4,6-7H3,(H,37,38)/b20-17+,26-10+,28-24-,29-25-. The first kappa shape index (κ1) is 31.0. The van der Waals surface area contributed by atoms with E-state index in [1.165, 1.54) is 18.2 Å². The molecule has 1 saturated carbocycles. The van der Waals surface area contributed by atoms with Crippen LogP contribution in [0.1, 0.15) is 66.0 Å². The molecule has 0 aromatic carbocycles. The Hall–Kier alpha value is -3.52. The minimum absolute atomic E-state index is 0.222. The van der Waals surface area contributed by atoms with E-state index in [2.05, 4.69) is 49.5 Å². The fourth-order valence-corrected chi connectivity index (χ4v) is 4.67. The second-order valence-corrected chi connectivity index (χ2v) is 10.7. The summed E-state index contributed by atoms with van der Waals surface area (Å²) in [5, 5.41) is 8.06. The minimum atomic E-state index is -1.36. The summed E-state index contributed by atoms with van der Waals surface area (Å²) in [6, 6.07) is 3.41. The minimum Gasteiger partial charge on any atom is -0.338 e. The third-order valence-electron chi connectivity index (χ3n) is 7.00. The SMILES string of the molecule is C=C/C(=c1/c(C(C)(C)CNCCC)nc(-c2ccnc(NC(=C)/C(F)=C(F)\C=C(/C)F)c2)n/c1=C/C)C1CCC1. The van der Waals surface area contributed by atoms with Crippen LogP contribution in [0.4, 0.5) is 19.0 Å². The molecule has 0 bridgehead atoms. The number of pyridine rings is 1. The van der Waals surface area contributed by atoms with Crippen molar-refractivity contribution in [3.8, 4) is 11.4 Å². The van der Waals surface area contributed by atoms with Gasteiger partial charge >= 0.3 is 0 Å². The Bertz CT molecular complexity index is 1430. The van der Waals surface area contributed by atoms with Crippen LogP contribution in [0.5, 0.6) is 0 Å². The molecular formula is C32H40F3N5. The first-order valence-corrected chi connectivity index (χ1v) is 13.8. The Morgan fingerprint density at radius 1 is 1.20 bits per heavy atom. The van der Waals surface area contributed by atoms with Crippen molar-refractivity contribution in [2.75, 3.05) is 18.4 Å². The van der Waals surface area contributed by atoms with Crippen molar-refractivity contribution in [2.24, 2.45) is 5.92 Å². The number of nitrogens with one attached hydrogen (secondary N) is 2. The number of rotatable bonds is 12. The van der Waals surface area contributed by atoms with Crippen LogP contribution in [0.2, 0.25) is 0 Å². The van der Waals surface area contributed by atoms with Gasteiger partial charge in [-0.25, -0.2) is 28.1 Å². The normalized spacial score (nSPS) is 16.3. The summed E-state index contributed by atoms with van der Waals surface area (Å²) in [6.07, 6.45) is 10.4. The van der Waals surface area contributed by atoms with Crippen LogP contribution < -0.4 is 21.2 Å². The Morgan fingerprint density at radius 2 is 1.93 bits per heavy atom. The van der Waals surface area contributed by atoms with Gasteiger partial charge in [0.2, 0.25) is 0 Å². The van der Waals surface area contributed by atoms with Crippen molar-refractivity contribution in [3.63, 3.8) is 0 Å². The van der Waals surface area contributed by atoms with E-state index in [9.17, 15) is 13.2 Å². The van der Waals surface area contributed by atoms with Gasteiger partial charge in [-0.05, 0) is 63.3 Å². The lowest BCUT2D eigenvalue weighted by atomic mass is 9.77. The van der Waals surface area contributed by atoms with Crippen molar-refractivity contribution < 1.29 is 13.2 Å². The highest BCUT2D eigenvalue weighted by atomic mass is 19.2. The van der Waals surface area contributed by atoms with Crippen LogP contribution in [-0.4, -0.2) is 28.0 Å². The summed E-state index contributed by atoms with van der Waals surface area (Å²) in [6.45, 7) is 18.8. The van der Waals surface area contributed by atoms with Gasteiger partial charge in [0, 0.05) is 35.0 Å². The van der Waals surface area contributed by atoms with E-state index in [0.29, 0.717) is 23.4 Å². The summed E-state index contributed by atoms with van der Waals surface area (Å²) < 4.78 is 41.3. The molecule has 3 rings (SSSR count). The Morgan fingerprint density at radius 3 is 2.50 bits per heavy atom. The summed E-state index contributed by atoms with van der Waals surface area (Å²) in [7, 11) is 0. The molecule has 0 radical (unpaired) electrons. The van der Waals surface area contributed by atoms with Gasteiger partial charge in [0.05, 0.1) is 22.6 Å². The van der Waals surface area contributed by atoms with Crippen LogP contribution in [0, 0.1) is 5.92 Å². The first-order chi connectivity index (χ1) is 19.0. The van der Waals surface area contributed by atoms with Crippen LogP contribution >= 0.6 is 0 Å². The molecule has 0 spiro atoms. The highest BCUT2D eigenvalue weighted by molar-refractivity contribution is 5.64. The molecule has 1 fully saturated rings. The van der Waals surface area contributed by atoms with Gasteiger partial charge < -0.3 is 10.6 Å². The maximum absolute atomic E-state index is 14.4. The van der Waals surface area contributed by atoms with E-state index >= 15 is 0 Å². The lowest BCUT2D eigenvalue weighted by Crippen LogP contribution is -2.46. The van der Waals surface area contributed by atoms with Gasteiger partial charge in [-0.2, -0.15) is 0 Å². The molecule has 8 heteroatoms. The maximum Gasteiger partial charge on any atom is 0.181 e. The number of aromatic nitrogens is 3. The second kappa shape index (κ2) is 13.7. The molecule has 0 amide bonds. The average molecular weight is 552 g/mol. The molecule has 5 nitrogen and oxygen atoms in total. The van der Waals surface area contributed by atoms with Crippen molar-refractivity contribution in [2.45, 2.75) is 65.7 Å². The summed E-state index contributed by atoms with van der Waals surface area (Å²) in [4.78, 5) is 14.3. The molecule has 2 aromatic heterocycles. The van der Waals surface area contributed by atoms with Crippen molar-refractivity contribution in [1.29, 1.82) is 0 Å². The molecule has 0 saturated heterocycles. The molecule has 214 valence electrons. The van der Waals surface area contributed by atoms with E-state index in [0.717, 1.165) is 55.5 Å². The van der Waals surface area contributed by atoms with Crippen LogP contribution in [0.3, 0.4) is 0 Å². The molecular weight excluding hydrogens is 511 g/mol. The third-order valence-corrected chi connectivity index (χ3v) is 7.00. The van der Waals surface area contributed by atoms with E-state index in [1.807, 2.05) is 19.1 Å². The van der Waals surface area contributed by atoms with Crippen molar-refractivity contribution >= 4 is 17.5 Å². The predicted octanol–water partition coefficient (Wildman–Crippen LogP) is 6.70. The summed E-state index contributed by atoms with van der Waals surface area (Å²) in [5.41, 5.74) is 2.05. The smallest absolute Gasteiger partial charge is 0.181 e. The number of hydrogen-bond donors (Lipinski definition) is 2. The zero-order chi connectivity index (χ0) is 29.4. The molecule has 0 atom stereocenters. The van der Waals surface area contributed by atoms with Gasteiger partial charge in [0.15, 0.2) is 17.5 Å². The number of anilines is 1. The van der Waals surface area contributed by atoms with Crippen LogP contribution in [-0.2, 0) is 5.41 Å². The zero-order valence-electron chi connectivity index (χ0n) is 24.2. The largest absolute Gasteiger partial charge is 0.338 e. The monoisotopic (exact) mass is 551 g/mol. The summed E-state index contributed by atoms with van der Waals surface area (Å²) >= 11 is 0. The molecule has 1 aliphatic rings. The van der Waals surface area contributed by atoms with Crippen molar-refractivity contribution in [3.05, 3.63) is 83.1 Å². The van der Waals surface area contributed by atoms with Crippen molar-refractivity contribution in [1.82, 2.24) is 20.3 Å². The van der Waals surface area contributed by atoms with Gasteiger partial charge in [-0.3, -0.25) is 0 Å². The second-order valence-electron chi connectivity index (χ2n) is 10.7. The number of hydrogen-bond acceptors (Lipinski definition) is 5. The summed E-state index contributed by atoms with van der Waals surface area (Å²) in [5.74, 6) is -2.38. The van der Waals surface area contributed by atoms with Gasteiger partial charge in [0.1, 0.15) is 5.82 Å². The Balaban J connectivity index is 2.15. The van der Waals surface area contributed by atoms with E-state index in [-0.39, 0.29) is 16.9 Å². The molecule has 40 heavy (non-hydrogen) atoms. The fourth-order valence-electron chi connectivity index (χ4n) is 4.67. The highest BCUT2D eigenvalue weighted by Gasteiger charge is 2.29. The van der Waals surface area contributed by atoms with E-state index in [1.54, 1.807) is 12.1 Å². The molecule has 2 N–H and O–H groups in total. The maximum atomic E-state index is 14.4. The number of nitrogens with zero attached hydrogens (tertiary/aromatic N) is 3. The molecule has 0 aliphatic heterocycles. The molecule has 2 heterocycles. The van der Waals surface area contributed by atoms with Gasteiger partial charge in [0.25, 0.3) is 0 Å². The fraction of sp³-hybridized carbons (Fsp3) is 0.406.